The van der Waals surface area contributed by atoms with Crippen molar-refractivity contribution in [3.8, 4) is 5.75 Å². The monoisotopic (exact) mass is 580 g/mol. The Morgan fingerprint density at radius 2 is 1.88 bits per heavy atom. The molecule has 0 unspecified atom stereocenters. The van der Waals surface area contributed by atoms with Gasteiger partial charge in [0.25, 0.3) is 0 Å². The summed E-state index contributed by atoms with van der Waals surface area (Å²) in [4.78, 5) is 21.9. The first-order chi connectivity index (χ1) is 19.3. The zero-order valence-electron chi connectivity index (χ0n) is 22.8. The first-order valence-corrected chi connectivity index (χ1v) is 13.4. The summed E-state index contributed by atoms with van der Waals surface area (Å²) in [5.41, 5.74) is 7.31. The molecule has 2 aliphatic rings. The molecule has 7 nitrogen and oxygen atoms in total. The second-order valence-corrected chi connectivity index (χ2v) is 10.7. The van der Waals surface area contributed by atoms with Crippen molar-refractivity contribution in [3.63, 3.8) is 0 Å². The highest BCUT2D eigenvalue weighted by Crippen LogP contribution is 2.34. The normalized spacial score (nSPS) is 21.2. The molecule has 0 bridgehead atoms. The second kappa shape index (κ2) is 12.5. The van der Waals surface area contributed by atoms with Crippen LogP contribution in [-0.4, -0.2) is 42.5 Å². The van der Waals surface area contributed by atoms with Crippen LogP contribution in [0.25, 0.3) is 5.70 Å². The van der Waals surface area contributed by atoms with Gasteiger partial charge >= 0.3 is 12.8 Å². The Balaban J connectivity index is 1.56. The summed E-state index contributed by atoms with van der Waals surface area (Å²) in [5, 5.41) is 2.96. The first-order valence-electron chi connectivity index (χ1n) is 13.4. The van der Waals surface area contributed by atoms with Gasteiger partial charge in [-0.05, 0) is 68.9 Å². The van der Waals surface area contributed by atoms with Gasteiger partial charge in [0.2, 0.25) is 5.91 Å². The summed E-state index contributed by atoms with van der Waals surface area (Å²) < 4.78 is 74.3. The summed E-state index contributed by atoms with van der Waals surface area (Å²) in [6, 6.07) is 8.33. The van der Waals surface area contributed by atoms with Crippen LogP contribution in [0, 0.1) is 5.92 Å². The number of amides is 1. The van der Waals surface area contributed by atoms with Gasteiger partial charge in [0.1, 0.15) is 11.4 Å². The first kappa shape index (κ1) is 30.4. The topological polar surface area (TPSA) is 98.8 Å². The summed E-state index contributed by atoms with van der Waals surface area (Å²) in [6.07, 6.45) is -0.822. The van der Waals surface area contributed by atoms with Crippen LogP contribution in [0.5, 0.6) is 5.75 Å². The lowest BCUT2D eigenvalue weighted by molar-refractivity contribution is -0.141. The molecule has 1 aliphatic carbocycles. The molecule has 41 heavy (non-hydrogen) atoms. The van der Waals surface area contributed by atoms with E-state index < -0.39 is 29.9 Å². The minimum Gasteiger partial charge on any atom is -0.435 e. The number of pyridine rings is 1. The maximum atomic E-state index is 13.4. The summed E-state index contributed by atoms with van der Waals surface area (Å²) >= 11 is 0. The van der Waals surface area contributed by atoms with E-state index in [4.69, 9.17) is 15.5 Å². The Morgan fingerprint density at radius 1 is 1.15 bits per heavy atom. The largest absolute Gasteiger partial charge is 0.435 e. The number of nitrogens with zero attached hydrogens (tertiary/aromatic N) is 2. The molecule has 3 N–H and O–H groups in total. The number of carbonyl (C=O) groups is 1. The van der Waals surface area contributed by atoms with Crippen LogP contribution in [-0.2, 0) is 21.2 Å². The van der Waals surface area contributed by atoms with Gasteiger partial charge in [-0.1, -0.05) is 18.2 Å². The molecule has 1 atom stereocenters. The van der Waals surface area contributed by atoms with Crippen LogP contribution in [0.1, 0.15) is 62.8 Å². The highest BCUT2D eigenvalue weighted by Gasteiger charge is 2.35. The lowest BCUT2D eigenvalue weighted by Gasteiger charge is -2.32. The van der Waals surface area contributed by atoms with Gasteiger partial charge in [0, 0.05) is 48.7 Å². The maximum absolute atomic E-state index is 13.4. The number of hydrogen-bond donors (Lipinski definition) is 2. The van der Waals surface area contributed by atoms with Crippen LogP contribution in [0.2, 0.25) is 0 Å². The van der Waals surface area contributed by atoms with Crippen molar-refractivity contribution in [2.24, 2.45) is 16.6 Å². The SMILES string of the molecule is CC(C)(NC(=O)[C@@H]1CCC(=C(N)c2cccc(OC(F)F)c2)C(=NC2CCOCC2)C1)c1ccc(C(F)(F)F)nc1. The third-order valence-electron chi connectivity index (χ3n) is 7.34. The maximum Gasteiger partial charge on any atom is 0.433 e. The van der Waals surface area contributed by atoms with E-state index >= 15 is 0 Å². The minimum atomic E-state index is -4.56. The number of alkyl halides is 5. The highest BCUT2D eigenvalue weighted by molar-refractivity contribution is 6.08. The van der Waals surface area contributed by atoms with Crippen LogP contribution in [0.3, 0.4) is 0 Å². The molecule has 0 spiro atoms. The van der Waals surface area contributed by atoms with Gasteiger partial charge in [-0.15, -0.1) is 0 Å². The minimum absolute atomic E-state index is 0.00785. The number of aromatic nitrogens is 1. The Hall–Kier alpha value is -3.54. The molecule has 222 valence electrons. The summed E-state index contributed by atoms with van der Waals surface area (Å²) in [5.74, 6) is -0.739. The molecule has 0 radical (unpaired) electrons. The van der Waals surface area contributed by atoms with E-state index in [-0.39, 0.29) is 17.7 Å². The van der Waals surface area contributed by atoms with Gasteiger partial charge < -0.3 is 20.5 Å². The quantitative estimate of drug-likeness (QED) is 0.401. The van der Waals surface area contributed by atoms with Crippen molar-refractivity contribution in [2.45, 2.75) is 70.3 Å². The van der Waals surface area contributed by atoms with E-state index in [2.05, 4.69) is 15.0 Å². The molecule has 1 aromatic heterocycles. The third-order valence-corrected chi connectivity index (χ3v) is 7.34. The van der Waals surface area contributed by atoms with E-state index in [0.717, 1.165) is 30.7 Å². The van der Waals surface area contributed by atoms with Gasteiger partial charge in [-0.2, -0.15) is 22.0 Å². The Labute approximate surface area is 235 Å². The Morgan fingerprint density at radius 3 is 2.51 bits per heavy atom. The molecule has 2 fully saturated rings. The molecular weight excluding hydrogens is 547 g/mol. The number of allylic oxidation sites excluding steroid dienone is 1. The third kappa shape index (κ3) is 7.81. The van der Waals surface area contributed by atoms with Gasteiger partial charge in [0.05, 0.1) is 11.6 Å². The van der Waals surface area contributed by atoms with Crippen molar-refractivity contribution in [1.82, 2.24) is 10.3 Å². The van der Waals surface area contributed by atoms with Crippen LogP contribution < -0.4 is 15.8 Å². The predicted octanol–water partition coefficient (Wildman–Crippen LogP) is 5.84. The van der Waals surface area contributed by atoms with E-state index in [0.29, 0.717) is 55.0 Å². The molecule has 1 saturated carbocycles. The van der Waals surface area contributed by atoms with Gasteiger partial charge in [0.15, 0.2) is 0 Å². The average Bonchev–Trinajstić information content (AvgIpc) is 2.92. The van der Waals surface area contributed by atoms with Crippen molar-refractivity contribution in [2.75, 3.05) is 13.2 Å². The number of carbonyl (C=O) groups excluding carboxylic acids is 1. The zero-order valence-corrected chi connectivity index (χ0v) is 22.8. The van der Waals surface area contributed by atoms with E-state index in [1.807, 2.05) is 0 Å². The molecule has 1 saturated heterocycles. The summed E-state index contributed by atoms with van der Waals surface area (Å²) in [7, 11) is 0. The number of aliphatic imine (C=N–C) groups is 1. The molecule has 1 aliphatic heterocycles. The number of nitrogens with two attached hydrogens (primary N) is 1. The number of hydrogen-bond acceptors (Lipinski definition) is 6. The number of halogens is 5. The molecular formula is C29H33F5N4O3. The van der Waals surface area contributed by atoms with Crippen molar-refractivity contribution in [1.29, 1.82) is 0 Å². The molecule has 1 aromatic carbocycles. The van der Waals surface area contributed by atoms with E-state index in [9.17, 15) is 26.7 Å². The molecule has 4 rings (SSSR count). The summed E-state index contributed by atoms with van der Waals surface area (Å²) in [6.45, 7) is 1.57. The second-order valence-electron chi connectivity index (χ2n) is 10.7. The zero-order chi connectivity index (χ0) is 29.8. The molecule has 2 aromatic rings. The number of benzene rings is 1. The lowest BCUT2D eigenvalue weighted by atomic mass is 9.81. The van der Waals surface area contributed by atoms with Crippen molar-refractivity contribution >= 4 is 17.3 Å². The molecule has 12 heteroatoms. The predicted molar refractivity (Wildman–Crippen MR) is 143 cm³/mol. The fraction of sp³-hybridized carbons (Fsp3) is 0.483. The average molecular weight is 581 g/mol. The van der Waals surface area contributed by atoms with Crippen LogP contribution >= 0.6 is 0 Å². The number of ether oxygens (including phenoxy) is 2. The molecule has 1 amide bonds. The Bertz CT molecular complexity index is 1290. The van der Waals surface area contributed by atoms with Gasteiger partial charge in [-0.25, -0.2) is 0 Å². The fourth-order valence-corrected chi connectivity index (χ4v) is 5.03. The number of nitrogens with one attached hydrogen (secondary N) is 1. The number of rotatable bonds is 7. The van der Waals surface area contributed by atoms with E-state index in [1.165, 1.54) is 18.2 Å². The van der Waals surface area contributed by atoms with Crippen LogP contribution in [0.4, 0.5) is 22.0 Å². The standard InChI is InChI=1S/C29H33F5N4O3/c1-28(2,19-7-9-24(36-16-19)29(32,33)34)38-26(39)18-6-8-22(23(15-18)37-20-10-12-40-13-11-20)25(35)17-4-3-5-21(14-17)41-27(30)31/h3-5,7,9,14,16,18,20,27H,6,8,10-13,15,35H2,1-2H3,(H,38,39)/t18-/m1/s1. The van der Waals surface area contributed by atoms with Crippen molar-refractivity contribution < 1.29 is 36.2 Å². The van der Waals surface area contributed by atoms with E-state index in [1.54, 1.807) is 26.0 Å². The molecule has 2 heterocycles. The van der Waals surface area contributed by atoms with Crippen molar-refractivity contribution in [3.05, 3.63) is 65.0 Å². The van der Waals surface area contributed by atoms with Crippen LogP contribution in [0.15, 0.2) is 53.2 Å². The Kier molecular flexibility index (Phi) is 9.31. The van der Waals surface area contributed by atoms with Gasteiger partial charge in [-0.3, -0.25) is 14.8 Å². The lowest BCUT2D eigenvalue weighted by Crippen LogP contribution is -2.45. The highest BCUT2D eigenvalue weighted by atomic mass is 19.4. The smallest absolute Gasteiger partial charge is 0.433 e. The fourth-order valence-electron chi connectivity index (χ4n) is 5.03.